The molecule has 0 spiro atoms. The Hall–Kier alpha value is -1.98. The van der Waals surface area contributed by atoms with Gasteiger partial charge in [-0.2, -0.15) is 0 Å². The lowest BCUT2D eigenvalue weighted by Crippen LogP contribution is -2.51. The summed E-state index contributed by atoms with van der Waals surface area (Å²) in [6.07, 6.45) is 13.2. The van der Waals surface area contributed by atoms with E-state index in [1.54, 1.807) is 7.11 Å². The quantitative estimate of drug-likeness (QED) is 0.0501. The van der Waals surface area contributed by atoms with Crippen LogP contribution in [0.1, 0.15) is 129 Å². The molecule has 3 aliphatic heterocycles. The highest BCUT2D eigenvalue weighted by atomic mass is 28.4. The van der Waals surface area contributed by atoms with Crippen LogP contribution in [0.4, 0.5) is 4.79 Å². The van der Waals surface area contributed by atoms with Crippen LogP contribution >= 0.6 is 0 Å². The molecule has 8 atom stereocenters. The van der Waals surface area contributed by atoms with Crippen LogP contribution in [0.2, 0.25) is 17.6 Å². The number of hydrogen-bond acceptors (Lipinski definition) is 8. The number of carbonyl (C=O) groups is 2. The van der Waals surface area contributed by atoms with Gasteiger partial charge in [-0.3, -0.25) is 9.69 Å². The van der Waals surface area contributed by atoms with E-state index in [1.165, 1.54) is 0 Å². The smallest absolute Gasteiger partial charge is 0.410 e. The molecule has 3 rings (SSSR count). The zero-order valence-corrected chi connectivity index (χ0v) is 39.2. The van der Waals surface area contributed by atoms with Crippen molar-refractivity contribution in [2.24, 2.45) is 22.7 Å². The second kappa shape index (κ2) is 21.3. The van der Waals surface area contributed by atoms with Gasteiger partial charge in [0.05, 0.1) is 30.8 Å². The number of epoxide rings is 1. The Balaban J connectivity index is 1.89. The Morgan fingerprint density at radius 3 is 2.25 bits per heavy atom. The van der Waals surface area contributed by atoms with E-state index >= 15 is 0 Å². The van der Waals surface area contributed by atoms with E-state index in [-0.39, 0.29) is 54.2 Å². The molecule has 3 aliphatic rings. The molecule has 10 heteroatoms. The molecule has 9 nitrogen and oxygen atoms in total. The number of rotatable bonds is 16. The van der Waals surface area contributed by atoms with Crippen LogP contribution in [0.15, 0.2) is 36.0 Å². The summed E-state index contributed by atoms with van der Waals surface area (Å²) in [6, 6.07) is 2.44. The SMILES string of the molecule is CCC(OC)C(C)C1OC1CC(C)(C)/C=C/C=C(\C)C1OC(=O)CC(O[Si](CC)(CC)C(C)C)CCC(C)(C)C(OC(=O)N2CCN(C(C)C)CC2)/C=C/C1C. The lowest BCUT2D eigenvalue weighted by molar-refractivity contribution is -0.151. The van der Waals surface area contributed by atoms with E-state index in [0.717, 1.165) is 50.0 Å². The molecule has 0 aromatic heterocycles. The zero-order chi connectivity index (χ0) is 42.0. The number of methoxy groups -OCH3 is 1. The molecule has 0 bridgehead atoms. The first kappa shape index (κ1) is 48.4. The van der Waals surface area contributed by atoms with Gasteiger partial charge in [0.2, 0.25) is 0 Å². The molecule has 0 saturated carbocycles. The average molecular weight is 803 g/mol. The van der Waals surface area contributed by atoms with Crippen molar-refractivity contribution in [2.75, 3.05) is 33.3 Å². The third-order valence-corrected chi connectivity index (χ3v) is 18.6. The van der Waals surface area contributed by atoms with Crippen molar-refractivity contribution in [3.8, 4) is 0 Å². The largest absolute Gasteiger partial charge is 0.457 e. The van der Waals surface area contributed by atoms with Gasteiger partial charge < -0.3 is 28.3 Å². The van der Waals surface area contributed by atoms with E-state index in [4.69, 9.17) is 23.4 Å². The molecule has 3 heterocycles. The number of ether oxygens (including phenoxy) is 4. The summed E-state index contributed by atoms with van der Waals surface area (Å²) in [5.74, 6) is -0.0353. The van der Waals surface area contributed by atoms with Crippen molar-refractivity contribution < 1.29 is 33.0 Å². The van der Waals surface area contributed by atoms with Gasteiger partial charge in [0, 0.05) is 56.6 Å². The Kier molecular flexibility index (Phi) is 18.4. The van der Waals surface area contributed by atoms with Crippen molar-refractivity contribution in [1.82, 2.24) is 9.80 Å². The molecule has 0 aromatic carbocycles. The minimum atomic E-state index is -2.12. The highest BCUT2D eigenvalue weighted by molar-refractivity contribution is 6.75. The first-order valence-corrected chi connectivity index (χ1v) is 24.4. The van der Waals surface area contributed by atoms with Crippen LogP contribution in [0, 0.1) is 22.7 Å². The molecule has 0 aromatic rings. The predicted octanol–water partition coefficient (Wildman–Crippen LogP) is 10.4. The summed E-state index contributed by atoms with van der Waals surface area (Å²) in [5.41, 5.74) is 0.902. The second-order valence-corrected chi connectivity index (χ2v) is 24.1. The second-order valence-electron chi connectivity index (χ2n) is 19.1. The van der Waals surface area contributed by atoms with Crippen LogP contribution in [-0.2, 0) is 28.2 Å². The van der Waals surface area contributed by atoms with E-state index < -0.39 is 25.9 Å². The minimum absolute atomic E-state index is 0.0839. The molecule has 8 unspecified atom stereocenters. The first-order chi connectivity index (χ1) is 26.2. The molecule has 0 N–H and O–H groups in total. The van der Waals surface area contributed by atoms with Gasteiger partial charge in [0.1, 0.15) is 12.2 Å². The van der Waals surface area contributed by atoms with Gasteiger partial charge in [0.15, 0.2) is 8.32 Å². The zero-order valence-electron chi connectivity index (χ0n) is 38.2. The maximum absolute atomic E-state index is 13.9. The fraction of sp³-hybridized carbons (Fsp3) is 0.826. The summed E-state index contributed by atoms with van der Waals surface area (Å²) >= 11 is 0. The van der Waals surface area contributed by atoms with Gasteiger partial charge >= 0.3 is 12.1 Å². The van der Waals surface area contributed by atoms with Crippen molar-refractivity contribution in [3.05, 3.63) is 36.0 Å². The molecule has 0 aliphatic carbocycles. The van der Waals surface area contributed by atoms with Gasteiger partial charge in [-0.25, -0.2) is 4.79 Å². The van der Waals surface area contributed by atoms with Crippen molar-refractivity contribution in [3.63, 3.8) is 0 Å². The third kappa shape index (κ3) is 13.5. The first-order valence-electron chi connectivity index (χ1n) is 22.0. The standard InChI is InChI=1S/C46H82N2O7Si/c1-16-38(51-15)36(10)43-39(52-43)31-45(11,12)24-19-20-34(8)42-35(9)21-22-40(53-44(50)48-28-26-47(27-29-48)32(4)5)46(13,14)25-23-37(30-41(49)54-42)55-56(17-2,18-3)33(6)7/h19-22,24,32-33,35-40,42-43H,16-18,23,25-31H2,1-15H3/b22-21+,24-19+,34-20+. The van der Waals surface area contributed by atoms with Crippen molar-refractivity contribution in [2.45, 2.75) is 189 Å². The van der Waals surface area contributed by atoms with Crippen LogP contribution < -0.4 is 0 Å². The third-order valence-electron chi connectivity index (χ3n) is 13.3. The minimum Gasteiger partial charge on any atom is -0.457 e. The predicted molar refractivity (Wildman–Crippen MR) is 231 cm³/mol. The van der Waals surface area contributed by atoms with Gasteiger partial charge in [-0.1, -0.05) is 100 Å². The topological polar surface area (TPSA) is 90.1 Å². The number of hydrogen-bond donors (Lipinski definition) is 0. The van der Waals surface area contributed by atoms with Gasteiger partial charge in [-0.05, 0) is 81.1 Å². The van der Waals surface area contributed by atoms with E-state index in [2.05, 4.69) is 119 Å². The lowest BCUT2D eigenvalue weighted by Gasteiger charge is -2.40. The van der Waals surface area contributed by atoms with Crippen LogP contribution in [0.25, 0.3) is 0 Å². The molecule has 56 heavy (non-hydrogen) atoms. The monoisotopic (exact) mass is 803 g/mol. The normalized spacial score (nSPS) is 29.1. The molecule has 2 fully saturated rings. The molecular formula is C46H82N2O7Si. The van der Waals surface area contributed by atoms with Crippen LogP contribution in [0.3, 0.4) is 0 Å². The fourth-order valence-corrected chi connectivity index (χ4v) is 12.5. The van der Waals surface area contributed by atoms with E-state index in [9.17, 15) is 9.59 Å². The summed E-state index contributed by atoms with van der Waals surface area (Å²) in [6.45, 7) is 33.7. The Morgan fingerprint density at radius 1 is 1.05 bits per heavy atom. The maximum atomic E-state index is 13.9. The number of piperazine rings is 1. The van der Waals surface area contributed by atoms with E-state index in [0.29, 0.717) is 37.0 Å². The Bertz CT molecular complexity index is 1330. The number of allylic oxidation sites excluding steroid dienone is 3. The molecule has 2 saturated heterocycles. The molecule has 0 radical (unpaired) electrons. The highest BCUT2D eigenvalue weighted by Crippen LogP contribution is 2.41. The Morgan fingerprint density at radius 2 is 1.70 bits per heavy atom. The van der Waals surface area contributed by atoms with Crippen LogP contribution in [-0.4, -0.2) is 106 Å². The number of cyclic esters (lactones) is 1. The number of amides is 1. The summed E-state index contributed by atoms with van der Waals surface area (Å²) in [7, 11) is -0.338. The molecule has 1 amide bonds. The number of nitrogens with zero attached hydrogens (tertiary/aromatic N) is 2. The summed E-state index contributed by atoms with van der Waals surface area (Å²) in [4.78, 5) is 31.9. The summed E-state index contributed by atoms with van der Waals surface area (Å²) in [5, 5.41) is 0. The van der Waals surface area contributed by atoms with Crippen LogP contribution in [0.5, 0.6) is 0 Å². The summed E-state index contributed by atoms with van der Waals surface area (Å²) < 4.78 is 31.8. The van der Waals surface area contributed by atoms with Gasteiger partial charge in [-0.15, -0.1) is 0 Å². The number of esters is 1. The molecule has 322 valence electrons. The highest BCUT2D eigenvalue weighted by Gasteiger charge is 2.47. The average Bonchev–Trinajstić information content (AvgIpc) is 3.90. The fourth-order valence-electron chi connectivity index (χ4n) is 8.90. The van der Waals surface area contributed by atoms with Gasteiger partial charge in [0.25, 0.3) is 0 Å². The molecular weight excluding hydrogens is 721 g/mol. The Labute approximate surface area is 343 Å². The number of carbonyl (C=O) groups excluding carboxylic acids is 2. The lowest BCUT2D eigenvalue weighted by atomic mass is 9.80. The maximum Gasteiger partial charge on any atom is 0.410 e. The van der Waals surface area contributed by atoms with E-state index in [1.807, 2.05) is 17.9 Å². The van der Waals surface area contributed by atoms with Crippen molar-refractivity contribution >= 4 is 20.4 Å². The van der Waals surface area contributed by atoms with Crippen molar-refractivity contribution in [1.29, 1.82) is 0 Å².